The number of hydrogen-bond acceptors (Lipinski definition) is 3. The second-order valence-corrected chi connectivity index (χ2v) is 3.76. The summed E-state index contributed by atoms with van der Waals surface area (Å²) >= 11 is 0. The third-order valence-electron chi connectivity index (χ3n) is 2.53. The zero-order valence-corrected chi connectivity index (χ0v) is 7.21. The van der Waals surface area contributed by atoms with Crippen molar-refractivity contribution < 1.29 is 9.53 Å². The second kappa shape index (κ2) is 3.44. The van der Waals surface area contributed by atoms with Crippen LogP contribution in [0.5, 0.6) is 0 Å². The standard InChI is InChI=1S/C9H15NO2/c11-9(8-1-2-8)12-6-7-3-4-10-5-7/h7-8,10H,1-6H2/t7-/m0/s1. The Hall–Kier alpha value is -0.570. The van der Waals surface area contributed by atoms with E-state index in [1.54, 1.807) is 0 Å². The first-order chi connectivity index (χ1) is 5.86. The normalized spacial score (nSPS) is 28.8. The summed E-state index contributed by atoms with van der Waals surface area (Å²) in [5.41, 5.74) is 0. The zero-order chi connectivity index (χ0) is 8.39. The molecule has 1 aliphatic heterocycles. The van der Waals surface area contributed by atoms with Crippen molar-refractivity contribution in [2.45, 2.75) is 19.3 Å². The van der Waals surface area contributed by atoms with Gasteiger partial charge < -0.3 is 10.1 Å². The van der Waals surface area contributed by atoms with Gasteiger partial charge in [-0.3, -0.25) is 4.79 Å². The SMILES string of the molecule is O=C(OC[C@H]1CCNC1)C1CC1. The molecule has 1 atom stereocenters. The minimum absolute atomic E-state index is 0.0295. The highest BCUT2D eigenvalue weighted by Crippen LogP contribution is 2.30. The minimum Gasteiger partial charge on any atom is -0.465 e. The van der Waals surface area contributed by atoms with Crippen molar-refractivity contribution in [3.63, 3.8) is 0 Å². The van der Waals surface area contributed by atoms with Crippen LogP contribution in [0.1, 0.15) is 19.3 Å². The molecule has 2 aliphatic rings. The predicted molar refractivity (Wildman–Crippen MR) is 44.7 cm³/mol. The average molecular weight is 169 g/mol. The van der Waals surface area contributed by atoms with Crippen molar-refractivity contribution in [1.29, 1.82) is 0 Å². The number of esters is 1. The lowest BCUT2D eigenvalue weighted by Gasteiger charge is -2.08. The van der Waals surface area contributed by atoms with Crippen LogP contribution in [0.2, 0.25) is 0 Å². The fraction of sp³-hybridized carbons (Fsp3) is 0.889. The molecule has 0 amide bonds. The lowest BCUT2D eigenvalue weighted by Crippen LogP contribution is -2.17. The van der Waals surface area contributed by atoms with Crippen LogP contribution >= 0.6 is 0 Å². The molecule has 1 saturated heterocycles. The molecule has 0 spiro atoms. The van der Waals surface area contributed by atoms with E-state index in [1.807, 2.05) is 0 Å². The first-order valence-corrected chi connectivity index (χ1v) is 4.73. The second-order valence-electron chi connectivity index (χ2n) is 3.76. The van der Waals surface area contributed by atoms with E-state index >= 15 is 0 Å². The van der Waals surface area contributed by atoms with Gasteiger partial charge in [-0.2, -0.15) is 0 Å². The molecule has 12 heavy (non-hydrogen) atoms. The maximum absolute atomic E-state index is 11.1. The fourth-order valence-corrected chi connectivity index (χ4v) is 1.49. The Morgan fingerprint density at radius 2 is 2.25 bits per heavy atom. The van der Waals surface area contributed by atoms with Crippen LogP contribution in [0, 0.1) is 11.8 Å². The fourth-order valence-electron chi connectivity index (χ4n) is 1.49. The molecule has 0 aromatic heterocycles. The van der Waals surface area contributed by atoms with Crippen molar-refractivity contribution in [2.75, 3.05) is 19.7 Å². The van der Waals surface area contributed by atoms with E-state index in [0.717, 1.165) is 32.4 Å². The molecule has 0 radical (unpaired) electrons. The van der Waals surface area contributed by atoms with E-state index in [4.69, 9.17) is 4.74 Å². The van der Waals surface area contributed by atoms with Gasteiger partial charge in [0.2, 0.25) is 0 Å². The summed E-state index contributed by atoms with van der Waals surface area (Å²) in [5, 5.41) is 3.25. The van der Waals surface area contributed by atoms with Crippen LogP contribution in [0.3, 0.4) is 0 Å². The van der Waals surface area contributed by atoms with E-state index in [2.05, 4.69) is 5.32 Å². The number of carbonyl (C=O) groups excluding carboxylic acids is 1. The van der Waals surface area contributed by atoms with E-state index in [0.29, 0.717) is 12.5 Å². The molecular weight excluding hydrogens is 154 g/mol. The van der Waals surface area contributed by atoms with Crippen molar-refractivity contribution in [2.24, 2.45) is 11.8 Å². The quantitative estimate of drug-likeness (QED) is 0.627. The number of hydrogen-bond donors (Lipinski definition) is 1. The van der Waals surface area contributed by atoms with Gasteiger partial charge in [0, 0.05) is 12.5 Å². The van der Waals surface area contributed by atoms with Crippen LogP contribution < -0.4 is 5.32 Å². The molecule has 2 fully saturated rings. The zero-order valence-electron chi connectivity index (χ0n) is 7.21. The molecular formula is C9H15NO2. The molecule has 3 heteroatoms. The van der Waals surface area contributed by atoms with Gasteiger partial charge in [0.1, 0.15) is 0 Å². The molecule has 1 heterocycles. The van der Waals surface area contributed by atoms with Crippen molar-refractivity contribution in [1.82, 2.24) is 5.32 Å². The first-order valence-electron chi connectivity index (χ1n) is 4.73. The highest BCUT2D eigenvalue weighted by molar-refractivity contribution is 5.74. The van der Waals surface area contributed by atoms with Crippen LogP contribution in [0.25, 0.3) is 0 Å². The lowest BCUT2D eigenvalue weighted by molar-refractivity contribution is -0.146. The maximum atomic E-state index is 11.1. The Balaban J connectivity index is 1.63. The average Bonchev–Trinajstić information content (AvgIpc) is 2.80. The van der Waals surface area contributed by atoms with Crippen molar-refractivity contribution in [3.05, 3.63) is 0 Å². The van der Waals surface area contributed by atoms with Gasteiger partial charge in [0.05, 0.1) is 12.5 Å². The molecule has 2 rings (SSSR count). The molecule has 1 N–H and O–H groups in total. The molecule has 0 bridgehead atoms. The summed E-state index contributed by atoms with van der Waals surface area (Å²) < 4.78 is 5.17. The van der Waals surface area contributed by atoms with E-state index < -0.39 is 0 Å². The molecule has 0 unspecified atom stereocenters. The van der Waals surface area contributed by atoms with Crippen LogP contribution in [-0.4, -0.2) is 25.7 Å². The summed E-state index contributed by atoms with van der Waals surface area (Å²) in [7, 11) is 0. The van der Waals surface area contributed by atoms with Crippen LogP contribution in [0.4, 0.5) is 0 Å². The third kappa shape index (κ3) is 1.97. The lowest BCUT2D eigenvalue weighted by atomic mass is 10.1. The highest BCUT2D eigenvalue weighted by Gasteiger charge is 2.31. The Labute approximate surface area is 72.5 Å². The minimum atomic E-state index is 0.0295. The highest BCUT2D eigenvalue weighted by atomic mass is 16.5. The van der Waals surface area contributed by atoms with Crippen molar-refractivity contribution >= 4 is 5.97 Å². The Bertz CT molecular complexity index is 171. The maximum Gasteiger partial charge on any atom is 0.308 e. The van der Waals surface area contributed by atoms with Crippen LogP contribution in [0.15, 0.2) is 0 Å². The summed E-state index contributed by atoms with van der Waals surface area (Å²) in [4.78, 5) is 11.1. The van der Waals surface area contributed by atoms with E-state index in [9.17, 15) is 4.79 Å². The predicted octanol–water partition coefficient (Wildman–Crippen LogP) is 0.549. The molecule has 3 nitrogen and oxygen atoms in total. The van der Waals surface area contributed by atoms with Gasteiger partial charge in [0.15, 0.2) is 0 Å². The molecule has 1 saturated carbocycles. The number of rotatable bonds is 3. The van der Waals surface area contributed by atoms with Crippen LogP contribution in [-0.2, 0) is 9.53 Å². The van der Waals surface area contributed by atoms with Gasteiger partial charge in [-0.1, -0.05) is 0 Å². The summed E-state index contributed by atoms with van der Waals surface area (Å²) in [6.45, 7) is 2.71. The van der Waals surface area contributed by atoms with Gasteiger partial charge >= 0.3 is 5.97 Å². The summed E-state index contributed by atoms with van der Waals surface area (Å²) in [6, 6.07) is 0. The van der Waals surface area contributed by atoms with Gasteiger partial charge in [-0.05, 0) is 25.8 Å². The molecule has 0 aromatic rings. The molecule has 68 valence electrons. The monoisotopic (exact) mass is 169 g/mol. The third-order valence-corrected chi connectivity index (χ3v) is 2.53. The molecule has 0 aromatic carbocycles. The first kappa shape index (κ1) is 8.05. The largest absolute Gasteiger partial charge is 0.465 e. The Morgan fingerprint density at radius 1 is 1.42 bits per heavy atom. The van der Waals surface area contributed by atoms with Gasteiger partial charge in [-0.25, -0.2) is 0 Å². The smallest absolute Gasteiger partial charge is 0.308 e. The Kier molecular flexibility index (Phi) is 2.30. The van der Waals surface area contributed by atoms with Crippen molar-refractivity contribution in [3.8, 4) is 0 Å². The number of nitrogens with one attached hydrogen (secondary N) is 1. The summed E-state index contributed by atoms with van der Waals surface area (Å²) in [5.74, 6) is 0.842. The number of carbonyl (C=O) groups is 1. The van der Waals surface area contributed by atoms with E-state index in [-0.39, 0.29) is 11.9 Å². The molecule has 1 aliphatic carbocycles. The summed E-state index contributed by atoms with van der Waals surface area (Å²) in [6.07, 6.45) is 3.24. The Morgan fingerprint density at radius 3 is 2.83 bits per heavy atom. The number of ether oxygens (including phenoxy) is 1. The topological polar surface area (TPSA) is 38.3 Å². The van der Waals surface area contributed by atoms with Gasteiger partial charge in [0.25, 0.3) is 0 Å². The van der Waals surface area contributed by atoms with Gasteiger partial charge in [-0.15, -0.1) is 0 Å². The van der Waals surface area contributed by atoms with E-state index in [1.165, 1.54) is 0 Å².